The first-order chi connectivity index (χ1) is 10.3. The fraction of sp³-hybridized carbons (Fsp3) is 0.250. The number of pyridine rings is 1. The molecule has 2 heterocycles. The molecular weight excluding hydrogens is 328 g/mol. The van der Waals surface area contributed by atoms with Crippen LogP contribution in [-0.4, -0.2) is 21.1 Å². The standard InChI is InChI=1S/C16H17BrN4/c17-15-5-3-4-14-13(15)6-8-20-16(14)19-7-1-2-10-21-11-9-18-12-21/h3-6,8-9,11-12H,1-2,7,10H2,(H,19,20). The number of fused-ring (bicyclic) bond motifs is 1. The molecular formula is C16H17BrN4. The van der Waals surface area contributed by atoms with Crippen molar-refractivity contribution in [3.05, 3.63) is 53.7 Å². The van der Waals surface area contributed by atoms with E-state index < -0.39 is 0 Å². The topological polar surface area (TPSA) is 42.7 Å². The second-order valence-corrected chi connectivity index (χ2v) is 5.78. The number of imidazole rings is 1. The largest absolute Gasteiger partial charge is 0.370 e. The number of halogens is 1. The lowest BCUT2D eigenvalue weighted by atomic mass is 10.1. The lowest BCUT2D eigenvalue weighted by Gasteiger charge is -2.09. The van der Waals surface area contributed by atoms with Crippen LogP contribution in [0, 0.1) is 0 Å². The number of rotatable bonds is 6. The zero-order valence-corrected chi connectivity index (χ0v) is 13.3. The van der Waals surface area contributed by atoms with Crippen LogP contribution in [-0.2, 0) is 6.54 Å². The Labute approximate surface area is 132 Å². The third-order valence-electron chi connectivity index (χ3n) is 3.45. The van der Waals surface area contributed by atoms with E-state index >= 15 is 0 Å². The molecule has 0 atom stereocenters. The van der Waals surface area contributed by atoms with Crippen molar-refractivity contribution in [2.45, 2.75) is 19.4 Å². The normalized spacial score (nSPS) is 10.9. The Hall–Kier alpha value is -1.88. The molecule has 0 aliphatic heterocycles. The van der Waals surface area contributed by atoms with E-state index in [9.17, 15) is 0 Å². The number of aryl methyl sites for hydroxylation is 1. The van der Waals surface area contributed by atoms with E-state index in [-0.39, 0.29) is 0 Å². The number of anilines is 1. The van der Waals surface area contributed by atoms with Crippen molar-refractivity contribution in [3.8, 4) is 0 Å². The molecule has 1 aromatic carbocycles. The summed E-state index contributed by atoms with van der Waals surface area (Å²) in [6.45, 7) is 1.93. The summed E-state index contributed by atoms with van der Waals surface area (Å²) in [6, 6.07) is 8.22. The van der Waals surface area contributed by atoms with Gasteiger partial charge in [-0.05, 0) is 25.0 Å². The molecule has 4 nitrogen and oxygen atoms in total. The molecule has 3 aromatic rings. The minimum atomic E-state index is 0.924. The van der Waals surface area contributed by atoms with Crippen LogP contribution in [0.25, 0.3) is 10.8 Å². The van der Waals surface area contributed by atoms with E-state index in [4.69, 9.17) is 0 Å². The summed E-state index contributed by atoms with van der Waals surface area (Å²) < 4.78 is 3.21. The quantitative estimate of drug-likeness (QED) is 0.685. The van der Waals surface area contributed by atoms with Crippen LogP contribution in [0.4, 0.5) is 5.82 Å². The average Bonchev–Trinajstić information content (AvgIpc) is 3.01. The number of nitrogens with one attached hydrogen (secondary N) is 1. The Morgan fingerprint density at radius 2 is 2.05 bits per heavy atom. The second kappa shape index (κ2) is 6.72. The van der Waals surface area contributed by atoms with Gasteiger partial charge in [0.2, 0.25) is 0 Å². The number of benzene rings is 1. The minimum absolute atomic E-state index is 0.924. The summed E-state index contributed by atoms with van der Waals surface area (Å²) in [5.74, 6) is 0.955. The molecule has 3 rings (SSSR count). The lowest BCUT2D eigenvalue weighted by molar-refractivity contribution is 0.621. The van der Waals surface area contributed by atoms with Crippen molar-refractivity contribution in [2.24, 2.45) is 0 Å². The van der Waals surface area contributed by atoms with E-state index in [0.29, 0.717) is 0 Å². The van der Waals surface area contributed by atoms with Crippen LogP contribution in [0.15, 0.2) is 53.7 Å². The average molecular weight is 345 g/mol. The summed E-state index contributed by atoms with van der Waals surface area (Å²) in [4.78, 5) is 8.49. The summed E-state index contributed by atoms with van der Waals surface area (Å²) in [5, 5.41) is 5.78. The number of hydrogen-bond acceptors (Lipinski definition) is 3. The van der Waals surface area contributed by atoms with Crippen molar-refractivity contribution in [3.63, 3.8) is 0 Å². The number of unbranched alkanes of at least 4 members (excludes halogenated alkanes) is 1. The highest BCUT2D eigenvalue weighted by atomic mass is 79.9. The molecule has 5 heteroatoms. The van der Waals surface area contributed by atoms with Gasteiger partial charge in [-0.2, -0.15) is 0 Å². The molecule has 21 heavy (non-hydrogen) atoms. The van der Waals surface area contributed by atoms with Gasteiger partial charge in [0.25, 0.3) is 0 Å². The van der Waals surface area contributed by atoms with Crippen LogP contribution >= 0.6 is 15.9 Å². The van der Waals surface area contributed by atoms with Gasteiger partial charge in [0.15, 0.2) is 0 Å². The lowest BCUT2D eigenvalue weighted by Crippen LogP contribution is -2.05. The molecule has 108 valence electrons. The summed E-state index contributed by atoms with van der Waals surface area (Å²) in [7, 11) is 0. The zero-order valence-electron chi connectivity index (χ0n) is 11.7. The molecule has 1 N–H and O–H groups in total. The summed E-state index contributed by atoms with van der Waals surface area (Å²) >= 11 is 3.58. The minimum Gasteiger partial charge on any atom is -0.370 e. The maximum atomic E-state index is 4.45. The Morgan fingerprint density at radius 3 is 2.90 bits per heavy atom. The molecule has 0 spiro atoms. The van der Waals surface area contributed by atoms with E-state index in [0.717, 1.165) is 41.6 Å². The Balaban J connectivity index is 1.57. The number of aromatic nitrogens is 3. The summed E-state index contributed by atoms with van der Waals surface area (Å²) in [6.07, 6.45) is 9.74. The first-order valence-electron chi connectivity index (χ1n) is 7.07. The molecule has 0 amide bonds. The van der Waals surface area contributed by atoms with Crippen molar-refractivity contribution in [2.75, 3.05) is 11.9 Å². The zero-order chi connectivity index (χ0) is 14.5. The Morgan fingerprint density at radius 1 is 1.10 bits per heavy atom. The number of nitrogens with zero attached hydrogens (tertiary/aromatic N) is 3. The highest BCUT2D eigenvalue weighted by Gasteiger charge is 2.03. The molecule has 0 aliphatic rings. The van der Waals surface area contributed by atoms with Gasteiger partial charge in [-0.25, -0.2) is 9.97 Å². The molecule has 2 aromatic heterocycles. The monoisotopic (exact) mass is 344 g/mol. The Bertz CT molecular complexity index is 709. The highest BCUT2D eigenvalue weighted by Crippen LogP contribution is 2.27. The first-order valence-corrected chi connectivity index (χ1v) is 7.87. The van der Waals surface area contributed by atoms with Crippen molar-refractivity contribution < 1.29 is 0 Å². The highest BCUT2D eigenvalue weighted by molar-refractivity contribution is 9.10. The van der Waals surface area contributed by atoms with Gasteiger partial charge in [-0.15, -0.1) is 0 Å². The Kier molecular flexibility index (Phi) is 4.50. The molecule has 0 radical (unpaired) electrons. The molecule has 0 bridgehead atoms. The fourth-order valence-electron chi connectivity index (χ4n) is 2.35. The molecule has 0 saturated heterocycles. The van der Waals surface area contributed by atoms with Gasteiger partial charge >= 0.3 is 0 Å². The molecule has 0 fully saturated rings. The van der Waals surface area contributed by atoms with E-state index in [1.165, 1.54) is 5.39 Å². The smallest absolute Gasteiger partial charge is 0.133 e. The van der Waals surface area contributed by atoms with Crippen molar-refractivity contribution >= 4 is 32.5 Å². The fourth-order valence-corrected chi connectivity index (χ4v) is 2.85. The predicted octanol–water partition coefficient (Wildman–Crippen LogP) is 4.09. The SMILES string of the molecule is Brc1cccc2c(NCCCCn3ccnc3)nccc12. The summed E-state index contributed by atoms with van der Waals surface area (Å²) in [5.41, 5.74) is 0. The third-order valence-corrected chi connectivity index (χ3v) is 4.14. The van der Waals surface area contributed by atoms with Crippen LogP contribution < -0.4 is 5.32 Å². The van der Waals surface area contributed by atoms with E-state index in [1.54, 1.807) is 0 Å². The molecule has 0 unspecified atom stereocenters. The van der Waals surface area contributed by atoms with Gasteiger partial charge < -0.3 is 9.88 Å². The third kappa shape index (κ3) is 3.42. The van der Waals surface area contributed by atoms with Gasteiger partial charge in [-0.1, -0.05) is 28.1 Å². The maximum Gasteiger partial charge on any atom is 0.133 e. The van der Waals surface area contributed by atoms with Crippen LogP contribution in [0.5, 0.6) is 0 Å². The predicted molar refractivity (Wildman–Crippen MR) is 89.4 cm³/mol. The van der Waals surface area contributed by atoms with E-state index in [2.05, 4.69) is 47.9 Å². The van der Waals surface area contributed by atoms with Gasteiger partial charge in [0.05, 0.1) is 6.33 Å². The second-order valence-electron chi connectivity index (χ2n) is 4.93. The van der Waals surface area contributed by atoms with Gasteiger partial charge in [-0.3, -0.25) is 0 Å². The van der Waals surface area contributed by atoms with Gasteiger partial charge in [0, 0.05) is 46.9 Å². The van der Waals surface area contributed by atoms with Crippen molar-refractivity contribution in [1.29, 1.82) is 0 Å². The maximum absolute atomic E-state index is 4.45. The first kappa shape index (κ1) is 14.1. The van der Waals surface area contributed by atoms with Gasteiger partial charge in [0.1, 0.15) is 5.82 Å². The van der Waals surface area contributed by atoms with Crippen LogP contribution in [0.3, 0.4) is 0 Å². The van der Waals surface area contributed by atoms with Crippen molar-refractivity contribution in [1.82, 2.24) is 14.5 Å². The molecule has 0 saturated carbocycles. The molecule has 0 aliphatic carbocycles. The van der Waals surface area contributed by atoms with E-state index in [1.807, 2.05) is 37.1 Å². The van der Waals surface area contributed by atoms with Crippen LogP contribution in [0.2, 0.25) is 0 Å². The van der Waals surface area contributed by atoms with Crippen LogP contribution in [0.1, 0.15) is 12.8 Å². The number of hydrogen-bond donors (Lipinski definition) is 1.